The second-order valence-corrected chi connectivity index (χ2v) is 7.51. The molecule has 0 aliphatic rings. The lowest BCUT2D eigenvalue weighted by atomic mass is 9.97. The van der Waals surface area contributed by atoms with E-state index in [4.69, 9.17) is 13.9 Å². The summed E-state index contributed by atoms with van der Waals surface area (Å²) < 4.78 is 16.2. The van der Waals surface area contributed by atoms with Gasteiger partial charge in [-0.15, -0.1) is 10.2 Å². The Bertz CT molecular complexity index is 969. The third kappa shape index (κ3) is 4.98. The molecule has 1 heterocycles. The normalized spacial score (nSPS) is 11.9. The van der Waals surface area contributed by atoms with Crippen LogP contribution in [0, 0.1) is 0 Å². The summed E-state index contributed by atoms with van der Waals surface area (Å²) in [5, 5.41) is 8.44. The molecule has 1 aromatic heterocycles. The van der Waals surface area contributed by atoms with E-state index in [1.165, 1.54) is 17.3 Å². The Kier molecular flexibility index (Phi) is 6.93. The van der Waals surface area contributed by atoms with Gasteiger partial charge in [0.25, 0.3) is 5.22 Å². The second kappa shape index (κ2) is 9.60. The van der Waals surface area contributed by atoms with E-state index in [1.54, 1.807) is 26.4 Å². The Labute approximate surface area is 174 Å². The van der Waals surface area contributed by atoms with Crippen LogP contribution in [-0.2, 0) is 0 Å². The van der Waals surface area contributed by atoms with Gasteiger partial charge >= 0.3 is 0 Å². The van der Waals surface area contributed by atoms with E-state index >= 15 is 0 Å². The van der Waals surface area contributed by atoms with Crippen molar-refractivity contribution in [1.82, 2.24) is 10.2 Å². The summed E-state index contributed by atoms with van der Waals surface area (Å²) in [5.74, 6) is 2.30. The maximum Gasteiger partial charge on any atom is 0.277 e. The quantitative estimate of drug-likeness (QED) is 0.351. The molecule has 3 aromatic rings. The van der Waals surface area contributed by atoms with E-state index in [1.807, 2.05) is 30.3 Å². The van der Waals surface area contributed by atoms with Crippen LogP contribution < -0.4 is 9.47 Å². The molecule has 0 aliphatic heterocycles. The van der Waals surface area contributed by atoms with Crippen molar-refractivity contribution in [3.8, 4) is 23.0 Å². The van der Waals surface area contributed by atoms with Crippen molar-refractivity contribution in [2.24, 2.45) is 0 Å². The molecule has 6 nitrogen and oxygen atoms in total. The Balaban J connectivity index is 1.64. The zero-order valence-electron chi connectivity index (χ0n) is 17.0. The molecule has 0 N–H and O–H groups in total. The molecule has 29 heavy (non-hydrogen) atoms. The molecule has 0 spiro atoms. The minimum absolute atomic E-state index is 0.0246. The lowest BCUT2D eigenvalue weighted by molar-refractivity contribution is 0.102. The van der Waals surface area contributed by atoms with Crippen molar-refractivity contribution in [1.29, 1.82) is 0 Å². The SMILES string of the molecule is CC[C@H](C)c1ccc(C(=O)CSc2nnc(-c3ccc(OC)c(OC)c3)o2)cc1. The highest BCUT2D eigenvalue weighted by molar-refractivity contribution is 7.99. The summed E-state index contributed by atoms with van der Waals surface area (Å²) in [7, 11) is 3.14. The van der Waals surface area contributed by atoms with E-state index < -0.39 is 0 Å². The van der Waals surface area contributed by atoms with Gasteiger partial charge in [-0.2, -0.15) is 0 Å². The molecule has 2 aromatic carbocycles. The number of ether oxygens (including phenoxy) is 2. The highest BCUT2D eigenvalue weighted by Gasteiger charge is 2.15. The van der Waals surface area contributed by atoms with Gasteiger partial charge < -0.3 is 13.9 Å². The minimum atomic E-state index is 0.0246. The molecule has 0 unspecified atom stereocenters. The third-order valence-electron chi connectivity index (χ3n) is 4.78. The fourth-order valence-electron chi connectivity index (χ4n) is 2.80. The van der Waals surface area contributed by atoms with Crippen molar-refractivity contribution in [3.63, 3.8) is 0 Å². The molecule has 0 amide bonds. The lowest BCUT2D eigenvalue weighted by Crippen LogP contribution is -2.03. The van der Waals surface area contributed by atoms with Crippen LogP contribution in [0.3, 0.4) is 0 Å². The number of thioether (sulfide) groups is 1. The van der Waals surface area contributed by atoms with Gasteiger partial charge in [-0.25, -0.2) is 0 Å². The van der Waals surface area contributed by atoms with Crippen LogP contribution in [-0.4, -0.2) is 36.0 Å². The Morgan fingerprint density at radius 1 is 1.07 bits per heavy atom. The predicted molar refractivity (Wildman–Crippen MR) is 113 cm³/mol. The molecule has 0 radical (unpaired) electrons. The number of ketones is 1. The number of benzene rings is 2. The van der Waals surface area contributed by atoms with E-state index in [2.05, 4.69) is 24.0 Å². The average Bonchev–Trinajstić information content (AvgIpc) is 3.25. The van der Waals surface area contributed by atoms with Crippen molar-refractivity contribution in [2.75, 3.05) is 20.0 Å². The van der Waals surface area contributed by atoms with Gasteiger partial charge in [-0.3, -0.25) is 4.79 Å². The van der Waals surface area contributed by atoms with E-state index in [-0.39, 0.29) is 11.5 Å². The summed E-state index contributed by atoms with van der Waals surface area (Å²) in [4.78, 5) is 12.5. The number of aromatic nitrogens is 2. The maximum atomic E-state index is 12.5. The van der Waals surface area contributed by atoms with Crippen LogP contribution in [0.4, 0.5) is 0 Å². The first-order valence-electron chi connectivity index (χ1n) is 9.37. The van der Waals surface area contributed by atoms with Crippen molar-refractivity contribution in [2.45, 2.75) is 31.4 Å². The Morgan fingerprint density at radius 3 is 2.45 bits per heavy atom. The predicted octanol–water partition coefficient (Wildman–Crippen LogP) is 5.24. The number of carbonyl (C=O) groups is 1. The summed E-state index contributed by atoms with van der Waals surface area (Å²) in [5.41, 5.74) is 2.64. The summed E-state index contributed by atoms with van der Waals surface area (Å²) in [6.45, 7) is 4.33. The number of hydrogen-bond acceptors (Lipinski definition) is 7. The minimum Gasteiger partial charge on any atom is -0.493 e. The highest BCUT2D eigenvalue weighted by atomic mass is 32.2. The van der Waals surface area contributed by atoms with Gasteiger partial charge in [-0.1, -0.05) is 49.9 Å². The molecule has 0 saturated carbocycles. The molecule has 3 rings (SSSR count). The first-order valence-corrected chi connectivity index (χ1v) is 10.4. The molecule has 152 valence electrons. The summed E-state index contributed by atoms with van der Waals surface area (Å²) >= 11 is 1.23. The van der Waals surface area contributed by atoms with Gasteiger partial charge in [0.15, 0.2) is 17.3 Å². The first-order chi connectivity index (χ1) is 14.0. The maximum absolute atomic E-state index is 12.5. The summed E-state index contributed by atoms with van der Waals surface area (Å²) in [6, 6.07) is 13.2. The molecular weight excluding hydrogens is 388 g/mol. The van der Waals surface area contributed by atoms with Crippen molar-refractivity contribution in [3.05, 3.63) is 53.6 Å². The zero-order valence-corrected chi connectivity index (χ0v) is 17.8. The van der Waals surface area contributed by atoms with Gasteiger partial charge in [-0.05, 0) is 36.1 Å². The number of methoxy groups -OCH3 is 2. The lowest BCUT2D eigenvalue weighted by Gasteiger charge is -2.09. The largest absolute Gasteiger partial charge is 0.493 e. The monoisotopic (exact) mass is 412 g/mol. The number of nitrogens with zero attached hydrogens (tertiary/aromatic N) is 2. The van der Waals surface area contributed by atoms with Crippen molar-refractivity contribution >= 4 is 17.5 Å². The van der Waals surface area contributed by atoms with Crippen LogP contribution in [0.2, 0.25) is 0 Å². The number of carbonyl (C=O) groups excluding carboxylic acids is 1. The first kappa shape index (κ1) is 20.9. The van der Waals surface area contributed by atoms with Gasteiger partial charge in [0.1, 0.15) is 0 Å². The van der Waals surface area contributed by atoms with E-state index in [9.17, 15) is 4.79 Å². The molecular formula is C22H24N2O4S. The Morgan fingerprint density at radius 2 is 1.79 bits per heavy atom. The van der Waals surface area contributed by atoms with Gasteiger partial charge in [0.05, 0.1) is 20.0 Å². The summed E-state index contributed by atoms with van der Waals surface area (Å²) in [6.07, 6.45) is 1.07. The molecule has 0 fully saturated rings. The number of rotatable bonds is 9. The number of hydrogen-bond donors (Lipinski definition) is 0. The fraction of sp³-hybridized carbons (Fsp3) is 0.318. The molecule has 1 atom stereocenters. The molecule has 0 saturated heterocycles. The van der Waals surface area contributed by atoms with E-state index in [0.29, 0.717) is 39.7 Å². The van der Waals surface area contributed by atoms with Crippen LogP contribution >= 0.6 is 11.8 Å². The Hall–Kier alpha value is -2.80. The number of Topliss-reactive ketones (excluding diaryl/α,β-unsaturated/α-hetero) is 1. The van der Waals surface area contributed by atoms with Crippen LogP contribution in [0.15, 0.2) is 52.1 Å². The fourth-order valence-corrected chi connectivity index (χ4v) is 3.46. The van der Waals surface area contributed by atoms with Gasteiger partial charge in [0, 0.05) is 11.1 Å². The van der Waals surface area contributed by atoms with E-state index in [0.717, 1.165) is 6.42 Å². The van der Waals surface area contributed by atoms with Gasteiger partial charge in [0.2, 0.25) is 5.89 Å². The molecule has 0 aliphatic carbocycles. The van der Waals surface area contributed by atoms with Crippen LogP contribution in [0.25, 0.3) is 11.5 Å². The highest BCUT2D eigenvalue weighted by Crippen LogP contribution is 2.32. The van der Waals surface area contributed by atoms with Crippen molar-refractivity contribution < 1.29 is 18.7 Å². The molecule has 0 bridgehead atoms. The zero-order chi connectivity index (χ0) is 20.8. The van der Waals surface area contributed by atoms with Crippen LogP contribution in [0.1, 0.15) is 42.1 Å². The second-order valence-electron chi connectivity index (χ2n) is 6.59. The smallest absolute Gasteiger partial charge is 0.277 e. The third-order valence-corrected chi connectivity index (χ3v) is 5.60. The van der Waals surface area contributed by atoms with Crippen LogP contribution in [0.5, 0.6) is 11.5 Å². The standard InChI is InChI=1S/C22H24N2O4S/c1-5-14(2)15-6-8-16(9-7-15)18(25)13-29-22-24-23-21(28-22)17-10-11-19(26-3)20(12-17)27-4/h6-12,14H,5,13H2,1-4H3/t14-/m0/s1. The average molecular weight is 413 g/mol. The topological polar surface area (TPSA) is 74.5 Å². The molecule has 7 heteroatoms.